The monoisotopic (exact) mass is 282 g/mol. The fourth-order valence-electron chi connectivity index (χ4n) is 4.03. The van der Waals surface area contributed by atoms with Crippen molar-refractivity contribution in [1.82, 2.24) is 10.2 Å². The summed E-state index contributed by atoms with van der Waals surface area (Å²) in [5, 5.41) is 2.83. The van der Waals surface area contributed by atoms with E-state index in [0.29, 0.717) is 12.0 Å². The van der Waals surface area contributed by atoms with Crippen molar-refractivity contribution in [3.8, 4) is 0 Å². The van der Waals surface area contributed by atoms with Crippen LogP contribution in [0.5, 0.6) is 0 Å². The van der Waals surface area contributed by atoms with Gasteiger partial charge in [-0.3, -0.25) is 9.69 Å². The average Bonchev–Trinajstić information content (AvgIpc) is 2.54. The molecule has 0 bridgehead atoms. The van der Waals surface area contributed by atoms with Gasteiger partial charge in [-0.2, -0.15) is 0 Å². The molecule has 1 amide bonds. The number of amides is 1. The van der Waals surface area contributed by atoms with Gasteiger partial charge >= 0.3 is 0 Å². The minimum Gasteiger partial charge on any atom is -0.381 e. The second-order valence-corrected chi connectivity index (χ2v) is 6.21. The molecule has 5 nitrogen and oxygen atoms in total. The van der Waals surface area contributed by atoms with Crippen LogP contribution in [-0.2, 0) is 14.3 Å². The molecule has 0 aromatic heterocycles. The lowest BCUT2D eigenvalue weighted by Gasteiger charge is -2.47. The lowest BCUT2D eigenvalue weighted by molar-refractivity contribution is -0.143. The number of carbonyl (C=O) groups excluding carboxylic acids is 1. The lowest BCUT2D eigenvalue weighted by Crippen LogP contribution is -2.55. The number of hydrogen-bond acceptors (Lipinski definition) is 4. The van der Waals surface area contributed by atoms with Gasteiger partial charge in [0.2, 0.25) is 5.91 Å². The minimum absolute atomic E-state index is 0.126. The van der Waals surface area contributed by atoms with Gasteiger partial charge < -0.3 is 14.8 Å². The molecule has 3 heterocycles. The highest BCUT2D eigenvalue weighted by molar-refractivity contribution is 5.78. The molecule has 20 heavy (non-hydrogen) atoms. The average molecular weight is 282 g/mol. The third-order valence-corrected chi connectivity index (χ3v) is 5.19. The molecule has 3 atom stereocenters. The summed E-state index contributed by atoms with van der Waals surface area (Å²) in [6, 6.07) is 0.636. The van der Waals surface area contributed by atoms with Gasteiger partial charge in [-0.05, 0) is 25.7 Å². The number of nitrogens with one attached hydrogen (secondary N) is 1. The molecule has 0 radical (unpaired) electrons. The van der Waals surface area contributed by atoms with Crippen molar-refractivity contribution in [3.05, 3.63) is 0 Å². The summed E-state index contributed by atoms with van der Waals surface area (Å²) in [5.74, 6) is 0.679. The molecule has 0 saturated carbocycles. The highest BCUT2D eigenvalue weighted by atomic mass is 16.5. The Kier molecular flexibility index (Phi) is 4.58. The van der Waals surface area contributed by atoms with Gasteiger partial charge in [-0.25, -0.2) is 0 Å². The maximum Gasteiger partial charge on any atom is 0.223 e. The number of piperidine rings is 1. The Morgan fingerprint density at radius 1 is 1.15 bits per heavy atom. The predicted octanol–water partition coefficient (Wildman–Crippen LogP) is 0.638. The Bertz CT molecular complexity index is 344. The zero-order chi connectivity index (χ0) is 13.9. The van der Waals surface area contributed by atoms with Crippen molar-refractivity contribution >= 4 is 5.91 Å². The van der Waals surface area contributed by atoms with Gasteiger partial charge in [-0.15, -0.1) is 0 Å². The first-order valence-corrected chi connectivity index (χ1v) is 7.94. The van der Waals surface area contributed by atoms with E-state index in [1.807, 2.05) is 0 Å². The van der Waals surface area contributed by atoms with Gasteiger partial charge in [0, 0.05) is 57.8 Å². The molecule has 114 valence electrons. The predicted molar refractivity (Wildman–Crippen MR) is 75.4 cm³/mol. The van der Waals surface area contributed by atoms with E-state index in [4.69, 9.17) is 9.47 Å². The van der Waals surface area contributed by atoms with Crippen LogP contribution in [-0.4, -0.2) is 62.9 Å². The quantitative estimate of drug-likeness (QED) is 0.807. The van der Waals surface area contributed by atoms with Crippen LogP contribution in [0.1, 0.15) is 25.7 Å². The van der Waals surface area contributed by atoms with Crippen LogP contribution < -0.4 is 5.32 Å². The third-order valence-electron chi connectivity index (χ3n) is 5.19. The molecule has 3 fully saturated rings. The molecule has 0 spiro atoms. The van der Waals surface area contributed by atoms with Gasteiger partial charge in [0.25, 0.3) is 0 Å². The first-order chi connectivity index (χ1) is 9.79. The highest BCUT2D eigenvalue weighted by Gasteiger charge is 2.42. The summed E-state index contributed by atoms with van der Waals surface area (Å²) >= 11 is 0. The Balaban J connectivity index is 1.66. The number of carbonyl (C=O) groups is 1. The number of rotatable bonds is 2. The van der Waals surface area contributed by atoms with Crippen molar-refractivity contribution in [2.45, 2.75) is 37.8 Å². The zero-order valence-electron chi connectivity index (χ0n) is 12.3. The Morgan fingerprint density at radius 3 is 2.70 bits per heavy atom. The van der Waals surface area contributed by atoms with E-state index in [2.05, 4.69) is 10.2 Å². The summed E-state index contributed by atoms with van der Waals surface area (Å²) in [6.45, 7) is 4.60. The Morgan fingerprint density at radius 2 is 1.95 bits per heavy atom. The maximum atomic E-state index is 12.1. The number of hydrogen-bond donors (Lipinski definition) is 1. The van der Waals surface area contributed by atoms with Crippen LogP contribution in [0, 0.1) is 11.8 Å². The van der Waals surface area contributed by atoms with E-state index in [0.717, 1.165) is 58.6 Å². The molecule has 5 heteroatoms. The van der Waals surface area contributed by atoms with Gasteiger partial charge in [0.05, 0.1) is 6.10 Å². The van der Waals surface area contributed by atoms with Crippen LogP contribution in [0.3, 0.4) is 0 Å². The summed E-state index contributed by atoms with van der Waals surface area (Å²) in [5.41, 5.74) is 0. The molecule has 3 rings (SSSR count). The Labute approximate surface area is 121 Å². The number of likely N-dealkylation sites (tertiary alicyclic amines) is 1. The molecule has 0 aromatic rings. The van der Waals surface area contributed by atoms with Crippen molar-refractivity contribution in [2.75, 3.05) is 40.0 Å². The highest BCUT2D eigenvalue weighted by Crippen LogP contribution is 2.34. The molecular formula is C15H26N2O3. The number of fused-ring (bicyclic) bond motifs is 1. The topological polar surface area (TPSA) is 50.8 Å². The fourth-order valence-corrected chi connectivity index (χ4v) is 4.03. The lowest BCUT2D eigenvalue weighted by atomic mass is 9.78. The molecule has 0 aromatic carbocycles. The fraction of sp³-hybridized carbons (Fsp3) is 0.933. The van der Waals surface area contributed by atoms with E-state index < -0.39 is 0 Å². The minimum atomic E-state index is 0.126. The summed E-state index contributed by atoms with van der Waals surface area (Å²) < 4.78 is 11.4. The van der Waals surface area contributed by atoms with E-state index in [-0.39, 0.29) is 17.9 Å². The standard InChI is InChI=1S/C15H26N2O3/c1-16-15(18)12-5-9-20-14-2-6-17(10-13(12)14)11-3-7-19-8-4-11/h11-14H,2-10H2,1H3,(H,16,18)/t12-,13-,14-/m1/s1. The molecule has 3 aliphatic rings. The summed E-state index contributed by atoms with van der Waals surface area (Å²) in [4.78, 5) is 14.7. The first kappa shape index (κ1) is 14.3. The van der Waals surface area contributed by atoms with E-state index in [1.54, 1.807) is 7.05 Å². The van der Waals surface area contributed by atoms with E-state index in [1.165, 1.54) is 0 Å². The smallest absolute Gasteiger partial charge is 0.223 e. The van der Waals surface area contributed by atoms with Crippen LogP contribution >= 0.6 is 0 Å². The maximum absolute atomic E-state index is 12.1. The summed E-state index contributed by atoms with van der Waals surface area (Å²) in [6.07, 6.45) is 4.46. The van der Waals surface area contributed by atoms with E-state index >= 15 is 0 Å². The Hall–Kier alpha value is -0.650. The third kappa shape index (κ3) is 2.85. The second kappa shape index (κ2) is 6.41. The zero-order valence-corrected chi connectivity index (χ0v) is 12.3. The number of nitrogens with zero attached hydrogens (tertiary/aromatic N) is 1. The largest absolute Gasteiger partial charge is 0.381 e. The van der Waals surface area contributed by atoms with Crippen LogP contribution in [0.25, 0.3) is 0 Å². The van der Waals surface area contributed by atoms with Gasteiger partial charge in [0.1, 0.15) is 0 Å². The second-order valence-electron chi connectivity index (χ2n) is 6.21. The molecular weight excluding hydrogens is 256 g/mol. The normalized spacial score (nSPS) is 36.4. The van der Waals surface area contributed by atoms with Crippen LogP contribution in [0.15, 0.2) is 0 Å². The van der Waals surface area contributed by atoms with Crippen molar-refractivity contribution in [2.24, 2.45) is 11.8 Å². The van der Waals surface area contributed by atoms with E-state index in [9.17, 15) is 4.79 Å². The van der Waals surface area contributed by atoms with Gasteiger partial charge in [-0.1, -0.05) is 0 Å². The first-order valence-electron chi connectivity index (χ1n) is 7.94. The molecule has 1 N–H and O–H groups in total. The SMILES string of the molecule is CNC(=O)[C@@H]1CCO[C@@H]2CCN(C3CCOCC3)C[C@@H]21. The van der Waals surface area contributed by atoms with Crippen LogP contribution in [0.4, 0.5) is 0 Å². The van der Waals surface area contributed by atoms with Gasteiger partial charge in [0.15, 0.2) is 0 Å². The summed E-state index contributed by atoms with van der Waals surface area (Å²) in [7, 11) is 1.74. The molecule has 0 aliphatic carbocycles. The van der Waals surface area contributed by atoms with Crippen molar-refractivity contribution in [1.29, 1.82) is 0 Å². The van der Waals surface area contributed by atoms with Crippen molar-refractivity contribution in [3.63, 3.8) is 0 Å². The number of ether oxygens (including phenoxy) is 2. The van der Waals surface area contributed by atoms with Crippen molar-refractivity contribution < 1.29 is 14.3 Å². The molecule has 3 aliphatic heterocycles. The van der Waals surface area contributed by atoms with Crippen LogP contribution in [0.2, 0.25) is 0 Å². The molecule has 3 saturated heterocycles. The molecule has 0 unspecified atom stereocenters.